The summed E-state index contributed by atoms with van der Waals surface area (Å²) in [6.45, 7) is 0.124. The van der Waals surface area contributed by atoms with Crippen LogP contribution in [0.15, 0.2) is 30.3 Å². The predicted molar refractivity (Wildman–Crippen MR) is 49.9 cm³/mol. The van der Waals surface area contributed by atoms with Crippen LogP contribution in [-0.4, -0.2) is 17.6 Å². The van der Waals surface area contributed by atoms with Crippen LogP contribution in [-0.2, 0) is 6.42 Å². The number of nitrogens with zero attached hydrogens (tertiary/aromatic N) is 1. The first-order valence-electron chi connectivity index (χ1n) is 4.01. The topological polar surface area (TPSA) is 53.1 Å². The summed E-state index contributed by atoms with van der Waals surface area (Å²) in [5, 5.41) is 7.02. The lowest BCUT2D eigenvalue weighted by molar-refractivity contribution is 0.119. The van der Waals surface area contributed by atoms with Gasteiger partial charge in [0.1, 0.15) is 0 Å². The third-order valence-electron chi connectivity index (χ3n) is 1.70. The Labute approximate surface area is 76.4 Å². The lowest BCUT2D eigenvalue weighted by Gasteiger charge is -2.10. The van der Waals surface area contributed by atoms with Gasteiger partial charge in [0.05, 0.1) is 6.54 Å². The standard InChI is InChI=1S/C9H12FN3/c10-13(9(11)12)7-6-8-4-2-1-3-5-8/h1-5H,6-7H2,(H3,11,12)/i10-1. The van der Waals surface area contributed by atoms with Crippen molar-refractivity contribution in [3.8, 4) is 0 Å². The molecule has 0 atom stereocenters. The zero-order valence-electron chi connectivity index (χ0n) is 7.20. The maximum Gasteiger partial charge on any atom is 0.217 e. The molecule has 0 saturated heterocycles. The SMILES string of the molecule is N=C(N)N([18F])CCc1ccccc1. The Morgan fingerprint density at radius 3 is 2.54 bits per heavy atom. The van der Waals surface area contributed by atoms with Gasteiger partial charge in [-0.15, -0.1) is 0 Å². The van der Waals surface area contributed by atoms with Gasteiger partial charge in [0, 0.05) is 0 Å². The van der Waals surface area contributed by atoms with Crippen molar-refractivity contribution in [3.05, 3.63) is 35.9 Å². The number of benzene rings is 1. The summed E-state index contributed by atoms with van der Waals surface area (Å²) < 4.78 is 12.7. The van der Waals surface area contributed by atoms with Crippen LogP contribution in [0.5, 0.6) is 0 Å². The van der Waals surface area contributed by atoms with E-state index in [0.717, 1.165) is 5.56 Å². The molecule has 0 aliphatic heterocycles. The Balaban J connectivity index is 2.39. The minimum absolute atomic E-state index is 0.124. The molecule has 0 saturated carbocycles. The number of hydrogen-bond acceptors (Lipinski definition) is 1. The molecule has 70 valence electrons. The molecule has 0 unspecified atom stereocenters. The molecule has 0 bridgehead atoms. The molecule has 0 aromatic heterocycles. The summed E-state index contributed by atoms with van der Waals surface area (Å²) in [5.74, 6) is -0.545. The van der Waals surface area contributed by atoms with E-state index in [9.17, 15) is 4.48 Å². The molecule has 0 spiro atoms. The van der Waals surface area contributed by atoms with Crippen molar-refractivity contribution in [3.63, 3.8) is 0 Å². The van der Waals surface area contributed by atoms with Crippen LogP contribution < -0.4 is 5.73 Å². The van der Waals surface area contributed by atoms with Crippen molar-refractivity contribution in [2.75, 3.05) is 6.54 Å². The average Bonchev–Trinajstić information content (AvgIpc) is 2.15. The molecule has 4 heteroatoms. The zero-order valence-corrected chi connectivity index (χ0v) is 7.20. The number of nitrogens with one attached hydrogen (secondary N) is 1. The summed E-state index contributed by atoms with van der Waals surface area (Å²) >= 11 is 0. The van der Waals surface area contributed by atoms with Crippen molar-refractivity contribution in [1.29, 1.82) is 5.41 Å². The molecule has 1 rings (SSSR count). The molecule has 13 heavy (non-hydrogen) atoms. The summed E-state index contributed by atoms with van der Waals surface area (Å²) in [6.07, 6.45) is 0.552. The molecule has 0 radical (unpaired) electrons. The molecule has 0 heterocycles. The van der Waals surface area contributed by atoms with Gasteiger partial charge in [-0.05, 0) is 12.0 Å². The molecule has 0 amide bonds. The second-order valence-corrected chi connectivity index (χ2v) is 2.71. The van der Waals surface area contributed by atoms with Crippen LogP contribution in [0.2, 0.25) is 0 Å². The molecule has 0 aliphatic carbocycles. The summed E-state index contributed by atoms with van der Waals surface area (Å²) in [6, 6.07) is 9.51. The maximum absolute atomic E-state index is 12.7. The summed E-state index contributed by atoms with van der Waals surface area (Å²) in [7, 11) is 0. The van der Waals surface area contributed by atoms with Crippen LogP contribution >= 0.6 is 0 Å². The Hall–Kier alpha value is -1.58. The second kappa shape index (κ2) is 4.45. The van der Waals surface area contributed by atoms with Crippen molar-refractivity contribution in [1.82, 2.24) is 5.12 Å². The summed E-state index contributed by atoms with van der Waals surface area (Å²) in [4.78, 5) is 0. The van der Waals surface area contributed by atoms with E-state index in [1.54, 1.807) is 0 Å². The minimum atomic E-state index is -0.545. The van der Waals surface area contributed by atoms with E-state index in [-0.39, 0.29) is 11.7 Å². The highest BCUT2D eigenvalue weighted by molar-refractivity contribution is 5.73. The first-order chi connectivity index (χ1) is 6.20. The fourth-order valence-electron chi connectivity index (χ4n) is 0.992. The first-order valence-corrected chi connectivity index (χ1v) is 4.01. The van der Waals surface area contributed by atoms with Crippen molar-refractivity contribution in [2.45, 2.75) is 6.42 Å². The van der Waals surface area contributed by atoms with E-state index >= 15 is 0 Å². The number of halogens is 1. The van der Waals surface area contributed by atoms with Crippen LogP contribution in [0.25, 0.3) is 0 Å². The van der Waals surface area contributed by atoms with Gasteiger partial charge in [-0.25, -0.2) is 0 Å². The third kappa shape index (κ3) is 3.11. The Kier molecular flexibility index (Phi) is 3.25. The number of rotatable bonds is 3. The normalized spacial score (nSPS) is 9.62. The Bertz CT molecular complexity index is 273. The molecule has 3 N–H and O–H groups in total. The second-order valence-electron chi connectivity index (χ2n) is 2.71. The third-order valence-corrected chi connectivity index (χ3v) is 1.70. The van der Waals surface area contributed by atoms with Gasteiger partial charge in [-0.2, -0.15) is 5.12 Å². The van der Waals surface area contributed by atoms with Crippen molar-refractivity contribution in [2.24, 2.45) is 5.73 Å². The van der Waals surface area contributed by atoms with Gasteiger partial charge >= 0.3 is 0 Å². The van der Waals surface area contributed by atoms with Crippen LogP contribution in [0.1, 0.15) is 5.56 Å². The summed E-state index contributed by atoms with van der Waals surface area (Å²) in [5.41, 5.74) is 5.97. The molecule has 1 aromatic carbocycles. The van der Waals surface area contributed by atoms with Gasteiger partial charge in [0.2, 0.25) is 5.96 Å². The first kappa shape index (κ1) is 9.51. The Morgan fingerprint density at radius 1 is 1.38 bits per heavy atom. The van der Waals surface area contributed by atoms with Crippen LogP contribution in [0, 0.1) is 5.41 Å². The zero-order chi connectivity index (χ0) is 9.68. The van der Waals surface area contributed by atoms with E-state index in [0.29, 0.717) is 6.42 Å². The highest BCUT2D eigenvalue weighted by Gasteiger charge is 2.03. The number of guanidine groups is 1. The van der Waals surface area contributed by atoms with Gasteiger partial charge in [-0.1, -0.05) is 34.8 Å². The molecule has 0 fully saturated rings. The lowest BCUT2D eigenvalue weighted by Crippen LogP contribution is -2.30. The average molecular weight is 180 g/mol. The lowest BCUT2D eigenvalue weighted by atomic mass is 10.1. The fourth-order valence-corrected chi connectivity index (χ4v) is 0.992. The Morgan fingerprint density at radius 2 is 2.00 bits per heavy atom. The molecular weight excluding hydrogens is 168 g/mol. The number of hydrogen-bond donors (Lipinski definition) is 2. The van der Waals surface area contributed by atoms with Gasteiger partial charge in [0.15, 0.2) is 0 Å². The highest BCUT2D eigenvalue weighted by atomic mass is 18.3. The van der Waals surface area contributed by atoms with E-state index in [2.05, 4.69) is 0 Å². The smallest absolute Gasteiger partial charge is 0.217 e. The van der Waals surface area contributed by atoms with Crippen molar-refractivity contribution >= 4 is 5.96 Å². The molecule has 3 nitrogen and oxygen atoms in total. The van der Waals surface area contributed by atoms with E-state index in [1.165, 1.54) is 0 Å². The largest absolute Gasteiger partial charge is 0.368 e. The van der Waals surface area contributed by atoms with E-state index in [1.807, 2.05) is 30.3 Å². The van der Waals surface area contributed by atoms with Crippen LogP contribution in [0.4, 0.5) is 4.48 Å². The van der Waals surface area contributed by atoms with E-state index < -0.39 is 5.96 Å². The van der Waals surface area contributed by atoms with Gasteiger partial charge in [-0.3, -0.25) is 5.41 Å². The molecular formula is C9H12FN3. The van der Waals surface area contributed by atoms with Crippen LogP contribution in [0.3, 0.4) is 0 Å². The van der Waals surface area contributed by atoms with Gasteiger partial charge in [0.25, 0.3) is 0 Å². The predicted octanol–water partition coefficient (Wildman–Crippen LogP) is 1.31. The van der Waals surface area contributed by atoms with E-state index in [4.69, 9.17) is 11.1 Å². The quantitative estimate of drug-likeness (QED) is 0.418. The highest BCUT2D eigenvalue weighted by Crippen LogP contribution is 2.01. The van der Waals surface area contributed by atoms with Crippen molar-refractivity contribution < 1.29 is 4.48 Å². The number of nitrogens with two attached hydrogens (primary N) is 1. The minimum Gasteiger partial charge on any atom is -0.368 e. The maximum atomic E-state index is 12.7. The molecule has 1 aromatic rings. The fraction of sp³-hybridized carbons (Fsp3) is 0.222. The van der Waals surface area contributed by atoms with Gasteiger partial charge < -0.3 is 5.73 Å². The monoisotopic (exact) mass is 180 g/mol. The molecule has 0 aliphatic rings.